The Morgan fingerprint density at radius 3 is 2.76 bits per heavy atom. The molecule has 1 aliphatic rings. The van der Waals surface area contributed by atoms with Gasteiger partial charge in [0, 0.05) is 18.7 Å². The highest BCUT2D eigenvalue weighted by atomic mass is 19.1. The number of aryl methyl sites for hydroxylation is 1. The smallest absolute Gasteiger partial charge is 0.360 e. The summed E-state index contributed by atoms with van der Waals surface area (Å²) in [5.41, 5.74) is 0.0192. The van der Waals surface area contributed by atoms with Gasteiger partial charge in [0.15, 0.2) is 11.5 Å². The Labute approximate surface area is 143 Å². The molecule has 0 N–H and O–H groups in total. The number of benzene rings is 1. The summed E-state index contributed by atoms with van der Waals surface area (Å²) < 4.78 is 33.7. The molecular weight excluding hydrogens is 332 g/mol. The van der Waals surface area contributed by atoms with Crippen molar-refractivity contribution in [2.45, 2.75) is 26.3 Å². The first-order valence-corrected chi connectivity index (χ1v) is 7.82. The van der Waals surface area contributed by atoms with Crippen molar-refractivity contribution in [2.24, 2.45) is 0 Å². The van der Waals surface area contributed by atoms with Gasteiger partial charge in [0.05, 0.1) is 13.5 Å². The zero-order chi connectivity index (χ0) is 18.1. The molecule has 0 saturated carbocycles. The lowest BCUT2D eigenvalue weighted by molar-refractivity contribution is -0.118. The molecule has 3 rings (SSSR count). The molecule has 0 aliphatic carbocycles. The Hall–Kier alpha value is -2.77. The molecule has 0 atom stereocenters. The Morgan fingerprint density at radius 1 is 1.28 bits per heavy atom. The summed E-state index contributed by atoms with van der Waals surface area (Å²) in [7, 11) is 1.24. The summed E-state index contributed by atoms with van der Waals surface area (Å²) in [6, 6.07) is 2.99. The number of methoxy groups -OCH3 is 1. The molecule has 1 aliphatic heterocycles. The van der Waals surface area contributed by atoms with Crippen LogP contribution in [-0.4, -0.2) is 35.1 Å². The lowest BCUT2D eigenvalue weighted by Crippen LogP contribution is -2.39. The van der Waals surface area contributed by atoms with Gasteiger partial charge >= 0.3 is 5.97 Å². The second-order valence-electron chi connectivity index (χ2n) is 5.79. The third kappa shape index (κ3) is 3.11. The van der Waals surface area contributed by atoms with Crippen LogP contribution in [0.2, 0.25) is 0 Å². The maximum absolute atomic E-state index is 13.8. The Morgan fingerprint density at radius 2 is 2.04 bits per heavy atom. The molecule has 0 radical (unpaired) electrons. The van der Waals surface area contributed by atoms with Crippen LogP contribution in [0.1, 0.15) is 28.3 Å². The van der Waals surface area contributed by atoms with E-state index in [-0.39, 0.29) is 17.7 Å². The highest BCUT2D eigenvalue weighted by molar-refractivity contribution is 6.01. The fourth-order valence-corrected chi connectivity index (χ4v) is 3.00. The monoisotopic (exact) mass is 349 g/mol. The van der Waals surface area contributed by atoms with Gasteiger partial charge in [-0.15, -0.1) is 0 Å². The molecule has 6 nitrogen and oxygen atoms in total. The maximum Gasteiger partial charge on any atom is 0.360 e. The van der Waals surface area contributed by atoms with Gasteiger partial charge in [-0.05, 0) is 31.5 Å². The number of anilines is 1. The fraction of sp³-hybridized carbons (Fsp3) is 0.353. The van der Waals surface area contributed by atoms with E-state index in [9.17, 15) is 18.4 Å². The number of amides is 1. The van der Waals surface area contributed by atoms with Gasteiger partial charge < -0.3 is 9.30 Å². The van der Waals surface area contributed by atoms with Crippen LogP contribution >= 0.6 is 0 Å². The predicted octanol–water partition coefficient (Wildman–Crippen LogP) is 2.24. The predicted molar refractivity (Wildman–Crippen MR) is 85.3 cm³/mol. The number of halogens is 2. The van der Waals surface area contributed by atoms with E-state index in [4.69, 9.17) is 4.74 Å². The van der Waals surface area contributed by atoms with Crippen molar-refractivity contribution in [3.63, 3.8) is 0 Å². The van der Waals surface area contributed by atoms with E-state index >= 15 is 0 Å². The molecule has 0 unspecified atom stereocenters. The molecule has 1 amide bonds. The second kappa shape index (κ2) is 6.62. The van der Waals surface area contributed by atoms with Gasteiger partial charge in [0.2, 0.25) is 5.91 Å². The number of nitrogens with zero attached hydrogens (tertiary/aromatic N) is 3. The molecule has 0 spiro atoms. The van der Waals surface area contributed by atoms with Crippen LogP contribution < -0.4 is 4.90 Å². The molecule has 132 valence electrons. The number of carbonyl (C=O) groups is 2. The van der Waals surface area contributed by atoms with E-state index in [1.54, 1.807) is 11.5 Å². The highest BCUT2D eigenvalue weighted by Crippen LogP contribution is 2.28. The topological polar surface area (TPSA) is 64.4 Å². The molecule has 25 heavy (non-hydrogen) atoms. The minimum Gasteiger partial charge on any atom is -0.464 e. The van der Waals surface area contributed by atoms with Gasteiger partial charge in [-0.2, -0.15) is 0 Å². The zero-order valence-corrected chi connectivity index (χ0v) is 13.9. The third-order valence-electron chi connectivity index (χ3n) is 4.18. The lowest BCUT2D eigenvalue weighted by Gasteiger charge is -2.29. The fourth-order valence-electron chi connectivity index (χ4n) is 3.00. The average molecular weight is 349 g/mol. The molecule has 1 aromatic carbocycles. The summed E-state index contributed by atoms with van der Waals surface area (Å²) in [6.07, 6.45) is 0.358. The summed E-state index contributed by atoms with van der Waals surface area (Å²) in [6.45, 7) is 2.71. The first-order valence-electron chi connectivity index (χ1n) is 7.82. The number of carbonyl (C=O) groups excluding carboxylic acids is 2. The van der Waals surface area contributed by atoms with Crippen molar-refractivity contribution < 1.29 is 23.1 Å². The largest absolute Gasteiger partial charge is 0.464 e. The molecule has 0 bridgehead atoms. The molecular formula is C17H17F2N3O3. The van der Waals surface area contributed by atoms with E-state index in [1.807, 2.05) is 0 Å². The van der Waals surface area contributed by atoms with Crippen molar-refractivity contribution in [1.82, 2.24) is 9.55 Å². The van der Waals surface area contributed by atoms with E-state index < -0.39 is 23.5 Å². The van der Waals surface area contributed by atoms with Crippen LogP contribution in [0, 0.1) is 18.6 Å². The number of aromatic nitrogens is 2. The third-order valence-corrected chi connectivity index (χ3v) is 4.18. The normalized spacial score (nSPS) is 13.5. The molecule has 0 saturated heterocycles. The van der Waals surface area contributed by atoms with E-state index in [1.165, 1.54) is 12.0 Å². The molecule has 1 aromatic heterocycles. The van der Waals surface area contributed by atoms with Crippen LogP contribution in [0.3, 0.4) is 0 Å². The summed E-state index contributed by atoms with van der Waals surface area (Å²) in [5, 5.41) is 0. The average Bonchev–Trinajstić information content (AvgIpc) is 2.94. The van der Waals surface area contributed by atoms with Crippen LogP contribution in [-0.2, 0) is 22.5 Å². The Balaban J connectivity index is 1.96. The quantitative estimate of drug-likeness (QED) is 0.797. The lowest BCUT2D eigenvalue weighted by atomic mass is 10.1. The number of fused-ring (bicyclic) bond motifs is 1. The summed E-state index contributed by atoms with van der Waals surface area (Å²) in [4.78, 5) is 30.3. The summed E-state index contributed by atoms with van der Waals surface area (Å²) in [5.74, 6) is -1.41. The minimum absolute atomic E-state index is 0.0296. The van der Waals surface area contributed by atoms with Crippen molar-refractivity contribution in [3.05, 3.63) is 46.9 Å². The van der Waals surface area contributed by atoms with Crippen LogP contribution in [0.4, 0.5) is 14.6 Å². The van der Waals surface area contributed by atoms with Gasteiger partial charge in [0.1, 0.15) is 17.5 Å². The standard InChI is InChI=1S/C17H17F2N3O3/c1-10-20-15(17(24)25-2)16-21(10)6-3-7-22(16)14(23)9-11-8-12(18)4-5-13(11)19/h4-5,8H,3,6-7,9H2,1-2H3. The van der Waals surface area contributed by atoms with E-state index in [0.717, 1.165) is 18.2 Å². The number of ether oxygens (including phenoxy) is 1. The summed E-state index contributed by atoms with van der Waals surface area (Å²) >= 11 is 0. The maximum atomic E-state index is 13.8. The first-order chi connectivity index (χ1) is 11.9. The number of hydrogen-bond acceptors (Lipinski definition) is 4. The van der Waals surface area contributed by atoms with Crippen LogP contribution in [0.25, 0.3) is 0 Å². The van der Waals surface area contributed by atoms with Crippen LogP contribution in [0.5, 0.6) is 0 Å². The van der Waals surface area contributed by atoms with Gasteiger partial charge in [-0.3, -0.25) is 9.69 Å². The first kappa shape index (κ1) is 17.1. The van der Waals surface area contributed by atoms with Gasteiger partial charge in [-0.1, -0.05) is 0 Å². The SMILES string of the molecule is COC(=O)c1nc(C)n2c1N(C(=O)Cc1cc(F)ccc1F)CCC2. The Bertz CT molecular complexity index is 848. The van der Waals surface area contributed by atoms with E-state index in [2.05, 4.69) is 4.98 Å². The molecule has 0 fully saturated rings. The number of imidazole rings is 1. The molecule has 2 aromatic rings. The number of rotatable bonds is 3. The Kier molecular flexibility index (Phi) is 4.52. The number of esters is 1. The molecule has 2 heterocycles. The van der Waals surface area contributed by atoms with Gasteiger partial charge in [0.25, 0.3) is 0 Å². The van der Waals surface area contributed by atoms with Crippen molar-refractivity contribution in [2.75, 3.05) is 18.6 Å². The van der Waals surface area contributed by atoms with Crippen LogP contribution in [0.15, 0.2) is 18.2 Å². The van der Waals surface area contributed by atoms with E-state index in [0.29, 0.717) is 31.2 Å². The highest BCUT2D eigenvalue weighted by Gasteiger charge is 2.32. The second-order valence-corrected chi connectivity index (χ2v) is 5.79. The minimum atomic E-state index is -0.648. The van der Waals surface area contributed by atoms with Gasteiger partial charge in [-0.25, -0.2) is 18.6 Å². The number of hydrogen-bond donors (Lipinski definition) is 0. The van der Waals surface area contributed by atoms with Crippen molar-refractivity contribution in [3.8, 4) is 0 Å². The van der Waals surface area contributed by atoms with Crippen molar-refractivity contribution >= 4 is 17.7 Å². The molecule has 8 heteroatoms. The van der Waals surface area contributed by atoms with Crippen molar-refractivity contribution in [1.29, 1.82) is 0 Å². The zero-order valence-electron chi connectivity index (χ0n) is 13.9.